The summed E-state index contributed by atoms with van der Waals surface area (Å²) in [6.45, 7) is 2.00. The summed E-state index contributed by atoms with van der Waals surface area (Å²) in [6, 6.07) is 3.05. The lowest BCUT2D eigenvalue weighted by atomic mass is 9.82. The van der Waals surface area contributed by atoms with E-state index >= 15 is 0 Å². The molecule has 1 aliphatic heterocycles. The molecule has 2 heterocycles. The second kappa shape index (κ2) is 6.64. The van der Waals surface area contributed by atoms with Crippen molar-refractivity contribution in [3.05, 3.63) is 24.2 Å². The van der Waals surface area contributed by atoms with Crippen LogP contribution in [0.5, 0.6) is 0 Å². The van der Waals surface area contributed by atoms with Crippen LogP contribution in [0.15, 0.2) is 22.8 Å². The zero-order chi connectivity index (χ0) is 17.2. The minimum atomic E-state index is -0.826. The maximum absolute atomic E-state index is 12.6. The monoisotopic (exact) mass is 335 g/mol. The van der Waals surface area contributed by atoms with Crippen LogP contribution in [0.4, 0.5) is 4.79 Å². The lowest BCUT2D eigenvalue weighted by Gasteiger charge is -2.30. The number of quaternary nitrogens is 1. The molecule has 1 saturated heterocycles. The van der Waals surface area contributed by atoms with E-state index in [-0.39, 0.29) is 18.5 Å². The molecule has 0 unspecified atom stereocenters. The first-order chi connectivity index (χ1) is 11.5. The molecule has 24 heavy (non-hydrogen) atoms. The van der Waals surface area contributed by atoms with Crippen molar-refractivity contribution in [3.63, 3.8) is 0 Å². The van der Waals surface area contributed by atoms with Gasteiger partial charge in [0.05, 0.1) is 6.26 Å². The van der Waals surface area contributed by atoms with Crippen molar-refractivity contribution >= 4 is 17.8 Å². The smallest absolute Gasteiger partial charge is 0.344 e. The van der Waals surface area contributed by atoms with E-state index in [0.29, 0.717) is 12.8 Å². The Morgan fingerprint density at radius 3 is 2.83 bits per heavy atom. The van der Waals surface area contributed by atoms with Crippen molar-refractivity contribution in [1.82, 2.24) is 15.8 Å². The van der Waals surface area contributed by atoms with Crippen LogP contribution in [0.1, 0.15) is 50.8 Å². The number of nitrogens with zero attached hydrogens (tertiary/aromatic N) is 1. The van der Waals surface area contributed by atoms with Crippen LogP contribution < -0.4 is 16.1 Å². The van der Waals surface area contributed by atoms with E-state index in [1.54, 1.807) is 17.6 Å². The average molecular weight is 335 g/mol. The Balaban J connectivity index is 1.54. The Hall–Kier alpha value is -2.35. The SMILES string of the molecule is C[C@H]([NH2+]CC(=O)NN1C(=O)NC2(CCCCC2)C1=O)c1ccco1. The van der Waals surface area contributed by atoms with Crippen molar-refractivity contribution in [2.24, 2.45) is 0 Å². The number of amides is 4. The van der Waals surface area contributed by atoms with Gasteiger partial charge in [-0.3, -0.25) is 15.0 Å². The summed E-state index contributed by atoms with van der Waals surface area (Å²) in [5.41, 5.74) is 1.60. The van der Waals surface area contributed by atoms with E-state index in [0.717, 1.165) is 30.0 Å². The maximum atomic E-state index is 12.6. The Morgan fingerprint density at radius 1 is 1.42 bits per heavy atom. The number of imide groups is 1. The molecule has 130 valence electrons. The summed E-state index contributed by atoms with van der Waals surface area (Å²) in [6.07, 6.45) is 5.72. The van der Waals surface area contributed by atoms with Gasteiger partial charge in [0.15, 0.2) is 12.3 Å². The van der Waals surface area contributed by atoms with Gasteiger partial charge in [0.25, 0.3) is 11.8 Å². The standard InChI is InChI=1S/C16H22N4O4/c1-11(12-6-5-9-24-12)17-10-13(21)19-20-14(22)16(18-15(20)23)7-3-2-4-8-16/h5-6,9,11,17H,2-4,7-8,10H2,1H3,(H,18,23)(H,19,21)/p+1/t11-/m0/s1. The van der Waals surface area contributed by atoms with E-state index in [4.69, 9.17) is 4.42 Å². The van der Waals surface area contributed by atoms with Gasteiger partial charge in [0, 0.05) is 0 Å². The molecule has 8 nitrogen and oxygen atoms in total. The molecule has 4 amide bonds. The maximum Gasteiger partial charge on any atom is 0.344 e. The number of hydrazine groups is 1. The molecular weight excluding hydrogens is 312 g/mol. The summed E-state index contributed by atoms with van der Waals surface area (Å²) < 4.78 is 5.28. The highest BCUT2D eigenvalue weighted by Gasteiger charge is 2.52. The summed E-state index contributed by atoms with van der Waals surface area (Å²) in [5, 5.41) is 5.37. The van der Waals surface area contributed by atoms with Crippen molar-refractivity contribution < 1.29 is 24.1 Å². The molecule has 4 N–H and O–H groups in total. The summed E-state index contributed by atoms with van der Waals surface area (Å²) in [7, 11) is 0. The molecule has 0 bridgehead atoms. The fourth-order valence-electron chi connectivity index (χ4n) is 3.34. The minimum absolute atomic E-state index is 0.0291. The van der Waals surface area contributed by atoms with Gasteiger partial charge in [-0.25, -0.2) is 4.79 Å². The molecule has 1 atom stereocenters. The highest BCUT2D eigenvalue weighted by atomic mass is 16.3. The highest BCUT2D eigenvalue weighted by Crippen LogP contribution is 2.32. The Labute approximate surface area is 139 Å². The quantitative estimate of drug-likeness (QED) is 0.668. The molecule has 1 saturated carbocycles. The summed E-state index contributed by atoms with van der Waals surface area (Å²) in [4.78, 5) is 36.7. The molecule has 1 aromatic rings. The lowest BCUT2D eigenvalue weighted by Crippen LogP contribution is -2.87. The largest absolute Gasteiger partial charge is 0.463 e. The molecule has 0 aromatic carbocycles. The molecule has 3 rings (SSSR count). The van der Waals surface area contributed by atoms with Gasteiger partial charge in [-0.15, -0.1) is 0 Å². The Morgan fingerprint density at radius 2 is 2.17 bits per heavy atom. The van der Waals surface area contributed by atoms with E-state index in [1.165, 1.54) is 0 Å². The number of nitrogens with one attached hydrogen (secondary N) is 2. The highest BCUT2D eigenvalue weighted by molar-refractivity contribution is 6.08. The van der Waals surface area contributed by atoms with Crippen LogP contribution in [0.3, 0.4) is 0 Å². The number of hydrogen-bond donors (Lipinski definition) is 3. The van der Waals surface area contributed by atoms with Gasteiger partial charge >= 0.3 is 6.03 Å². The van der Waals surface area contributed by atoms with Crippen molar-refractivity contribution in [1.29, 1.82) is 0 Å². The number of hydrogen-bond acceptors (Lipinski definition) is 4. The predicted octanol–water partition coefficient (Wildman–Crippen LogP) is 0.190. The molecule has 1 aromatic heterocycles. The molecule has 1 spiro atoms. The average Bonchev–Trinajstić information content (AvgIpc) is 3.18. The fraction of sp³-hybridized carbons (Fsp3) is 0.562. The number of rotatable bonds is 5. The molecular formula is C16H23N4O4+. The van der Waals surface area contributed by atoms with Crippen LogP contribution in [0, 0.1) is 0 Å². The van der Waals surface area contributed by atoms with Crippen LogP contribution in [0.2, 0.25) is 0 Å². The molecule has 1 aliphatic carbocycles. The zero-order valence-electron chi connectivity index (χ0n) is 13.7. The zero-order valence-corrected chi connectivity index (χ0v) is 13.7. The number of furan rings is 1. The van der Waals surface area contributed by atoms with Crippen molar-refractivity contribution in [3.8, 4) is 0 Å². The van der Waals surface area contributed by atoms with Gasteiger partial charge in [-0.1, -0.05) is 19.3 Å². The molecule has 8 heteroatoms. The third kappa shape index (κ3) is 3.14. The van der Waals surface area contributed by atoms with Crippen LogP contribution in [0.25, 0.3) is 0 Å². The van der Waals surface area contributed by atoms with Gasteiger partial charge in [0.2, 0.25) is 0 Å². The number of carbonyl (C=O) groups excluding carboxylic acids is 3. The molecule has 2 aliphatic rings. The number of nitrogens with two attached hydrogens (primary N) is 1. The Bertz CT molecular complexity index is 622. The number of urea groups is 1. The van der Waals surface area contributed by atoms with Crippen LogP contribution in [-0.2, 0) is 9.59 Å². The lowest BCUT2D eigenvalue weighted by molar-refractivity contribution is -0.684. The first-order valence-electron chi connectivity index (χ1n) is 8.35. The fourth-order valence-corrected chi connectivity index (χ4v) is 3.34. The van der Waals surface area contributed by atoms with Gasteiger partial charge < -0.3 is 15.1 Å². The van der Waals surface area contributed by atoms with Gasteiger partial charge in [-0.05, 0) is 31.9 Å². The van der Waals surface area contributed by atoms with Crippen LogP contribution >= 0.6 is 0 Å². The molecule has 2 fully saturated rings. The normalized spacial score (nSPS) is 21.0. The second-order valence-corrected chi connectivity index (χ2v) is 6.49. The van der Waals surface area contributed by atoms with E-state index in [9.17, 15) is 14.4 Å². The van der Waals surface area contributed by atoms with E-state index in [1.807, 2.05) is 13.0 Å². The van der Waals surface area contributed by atoms with E-state index < -0.39 is 17.5 Å². The topological polar surface area (TPSA) is 108 Å². The first kappa shape index (κ1) is 16.5. The summed E-state index contributed by atoms with van der Waals surface area (Å²) >= 11 is 0. The summed E-state index contributed by atoms with van der Waals surface area (Å²) in [5.74, 6) is 0.0170. The van der Waals surface area contributed by atoms with Gasteiger partial charge in [-0.2, -0.15) is 5.01 Å². The van der Waals surface area contributed by atoms with Crippen molar-refractivity contribution in [2.75, 3.05) is 6.54 Å². The first-order valence-corrected chi connectivity index (χ1v) is 8.35. The minimum Gasteiger partial charge on any atom is -0.463 e. The van der Waals surface area contributed by atoms with Gasteiger partial charge in [0.1, 0.15) is 11.6 Å². The number of carbonyl (C=O) groups is 3. The third-order valence-electron chi connectivity index (χ3n) is 4.75. The predicted molar refractivity (Wildman–Crippen MR) is 83.3 cm³/mol. The Kier molecular flexibility index (Phi) is 4.57. The van der Waals surface area contributed by atoms with Crippen molar-refractivity contribution in [2.45, 2.75) is 50.6 Å². The second-order valence-electron chi connectivity index (χ2n) is 6.49. The molecule has 0 radical (unpaired) electrons. The van der Waals surface area contributed by atoms with Crippen LogP contribution in [-0.4, -0.2) is 34.9 Å². The third-order valence-corrected chi connectivity index (χ3v) is 4.75. The van der Waals surface area contributed by atoms with E-state index in [2.05, 4.69) is 10.7 Å².